The first kappa shape index (κ1) is 17.1. The predicted molar refractivity (Wildman–Crippen MR) is 73.9 cm³/mol. The minimum atomic E-state index is -1.35. The van der Waals surface area contributed by atoms with Crippen molar-refractivity contribution in [2.75, 3.05) is 0 Å². The van der Waals surface area contributed by atoms with Gasteiger partial charge in [-0.3, -0.25) is 4.79 Å². The number of rotatable bonds is 6. The summed E-state index contributed by atoms with van der Waals surface area (Å²) in [5.41, 5.74) is -1.13. The van der Waals surface area contributed by atoms with E-state index in [1.807, 2.05) is 0 Å². The summed E-state index contributed by atoms with van der Waals surface area (Å²) in [7, 11) is 0. The maximum absolute atomic E-state index is 13.6. The molecule has 0 aliphatic rings. The highest BCUT2D eigenvalue weighted by Gasteiger charge is 2.33. The van der Waals surface area contributed by atoms with Gasteiger partial charge in [-0.15, -0.1) is 0 Å². The quantitative estimate of drug-likeness (QED) is 0.849. The van der Waals surface area contributed by atoms with Gasteiger partial charge in [0.25, 0.3) is 0 Å². The summed E-state index contributed by atoms with van der Waals surface area (Å²) in [6.07, 6.45) is 0.152. The zero-order valence-electron chi connectivity index (χ0n) is 12.2. The Bertz CT molecular complexity index is 548. The lowest BCUT2D eigenvalue weighted by Crippen LogP contribution is -2.51. The second-order valence-corrected chi connectivity index (χ2v) is 5.31. The Morgan fingerprint density at radius 1 is 1.38 bits per heavy atom. The van der Waals surface area contributed by atoms with E-state index in [4.69, 9.17) is 5.11 Å². The first-order valence-corrected chi connectivity index (χ1v) is 6.69. The number of amides is 1. The lowest BCUT2D eigenvalue weighted by Gasteiger charge is -2.25. The molecule has 0 bridgehead atoms. The molecule has 0 radical (unpaired) electrons. The lowest BCUT2D eigenvalue weighted by atomic mass is 9.94. The summed E-state index contributed by atoms with van der Waals surface area (Å²) < 4.78 is 26.5. The standard InChI is InChI=1S/C15H19F2NO3/c1-4-15(3,14(20)21)18-13(19)7-9(2)11-6-5-10(16)8-12(11)17/h5-6,8-9H,4,7H2,1-3H3,(H,18,19)(H,20,21). The highest BCUT2D eigenvalue weighted by Crippen LogP contribution is 2.23. The van der Waals surface area contributed by atoms with E-state index in [0.717, 1.165) is 12.1 Å². The molecule has 1 aromatic rings. The predicted octanol–water partition coefficient (Wildman–Crippen LogP) is 2.83. The SMILES string of the molecule is CCC(C)(NC(=O)CC(C)c1ccc(F)cc1F)C(=O)O. The van der Waals surface area contributed by atoms with Crippen LogP contribution in [0.2, 0.25) is 0 Å². The fourth-order valence-corrected chi connectivity index (χ4v) is 1.94. The molecule has 0 saturated carbocycles. The Labute approximate surface area is 122 Å². The minimum absolute atomic E-state index is 0.0780. The first-order chi connectivity index (χ1) is 9.69. The topological polar surface area (TPSA) is 66.4 Å². The van der Waals surface area contributed by atoms with Crippen LogP contribution < -0.4 is 5.32 Å². The van der Waals surface area contributed by atoms with Crippen LogP contribution >= 0.6 is 0 Å². The number of carbonyl (C=O) groups is 2. The van der Waals surface area contributed by atoms with Gasteiger partial charge in [0.15, 0.2) is 0 Å². The maximum Gasteiger partial charge on any atom is 0.329 e. The van der Waals surface area contributed by atoms with Crippen LogP contribution in [0.15, 0.2) is 18.2 Å². The van der Waals surface area contributed by atoms with E-state index in [0.29, 0.717) is 0 Å². The van der Waals surface area contributed by atoms with Gasteiger partial charge in [0.05, 0.1) is 0 Å². The molecule has 0 aliphatic heterocycles. The monoisotopic (exact) mass is 299 g/mol. The van der Waals surface area contributed by atoms with Crippen molar-refractivity contribution in [1.82, 2.24) is 5.32 Å². The van der Waals surface area contributed by atoms with Crippen LogP contribution in [0.1, 0.15) is 45.1 Å². The van der Waals surface area contributed by atoms with Crippen molar-refractivity contribution in [1.29, 1.82) is 0 Å². The van der Waals surface area contributed by atoms with Crippen LogP contribution in [0.4, 0.5) is 8.78 Å². The van der Waals surface area contributed by atoms with Crippen LogP contribution in [0, 0.1) is 11.6 Å². The van der Waals surface area contributed by atoms with Gasteiger partial charge in [-0.05, 0) is 30.9 Å². The number of aliphatic carboxylic acids is 1. The zero-order chi connectivity index (χ0) is 16.2. The largest absolute Gasteiger partial charge is 0.480 e. The highest BCUT2D eigenvalue weighted by molar-refractivity contribution is 5.86. The third-order valence-electron chi connectivity index (χ3n) is 3.58. The van der Waals surface area contributed by atoms with E-state index in [9.17, 15) is 18.4 Å². The Balaban J connectivity index is 2.76. The minimum Gasteiger partial charge on any atom is -0.480 e. The fraction of sp³-hybridized carbons (Fsp3) is 0.467. The molecule has 0 heterocycles. The van der Waals surface area contributed by atoms with Gasteiger partial charge in [-0.1, -0.05) is 19.9 Å². The van der Waals surface area contributed by atoms with Crippen LogP contribution in [-0.2, 0) is 9.59 Å². The van der Waals surface area contributed by atoms with Crippen molar-refractivity contribution in [2.24, 2.45) is 0 Å². The second kappa shape index (κ2) is 6.65. The van der Waals surface area contributed by atoms with Crippen molar-refractivity contribution in [3.63, 3.8) is 0 Å². The molecule has 2 atom stereocenters. The van der Waals surface area contributed by atoms with Gasteiger partial charge in [0, 0.05) is 12.5 Å². The third kappa shape index (κ3) is 4.24. The highest BCUT2D eigenvalue weighted by atomic mass is 19.1. The molecule has 0 aliphatic carbocycles. The summed E-state index contributed by atoms with van der Waals surface area (Å²) in [4.78, 5) is 23.0. The number of hydrogen-bond donors (Lipinski definition) is 2. The molecule has 0 spiro atoms. The molecule has 1 aromatic carbocycles. The summed E-state index contributed by atoms with van der Waals surface area (Å²) >= 11 is 0. The number of nitrogens with one attached hydrogen (secondary N) is 1. The van der Waals surface area contributed by atoms with Crippen LogP contribution in [0.25, 0.3) is 0 Å². The number of carboxylic acid groups (broad SMARTS) is 1. The molecule has 0 fully saturated rings. The molecular formula is C15H19F2NO3. The Hall–Kier alpha value is -1.98. The molecule has 21 heavy (non-hydrogen) atoms. The molecule has 1 amide bonds. The van der Waals surface area contributed by atoms with E-state index in [2.05, 4.69) is 5.32 Å². The van der Waals surface area contributed by atoms with Crippen molar-refractivity contribution in [2.45, 2.75) is 45.1 Å². The van der Waals surface area contributed by atoms with Crippen LogP contribution in [0.5, 0.6) is 0 Å². The van der Waals surface area contributed by atoms with Gasteiger partial charge < -0.3 is 10.4 Å². The number of halogens is 2. The van der Waals surface area contributed by atoms with Crippen LogP contribution in [0.3, 0.4) is 0 Å². The molecule has 6 heteroatoms. The molecule has 4 nitrogen and oxygen atoms in total. The summed E-state index contributed by atoms with van der Waals surface area (Å²) in [6, 6.07) is 3.18. The van der Waals surface area contributed by atoms with E-state index in [1.165, 1.54) is 13.0 Å². The average molecular weight is 299 g/mol. The van der Waals surface area contributed by atoms with Crippen LogP contribution in [-0.4, -0.2) is 22.5 Å². The van der Waals surface area contributed by atoms with E-state index >= 15 is 0 Å². The molecule has 0 aromatic heterocycles. The van der Waals surface area contributed by atoms with Crippen molar-refractivity contribution in [3.05, 3.63) is 35.4 Å². The molecule has 1 rings (SSSR count). The first-order valence-electron chi connectivity index (χ1n) is 6.69. The Morgan fingerprint density at radius 3 is 2.48 bits per heavy atom. The van der Waals surface area contributed by atoms with Crippen molar-refractivity contribution < 1.29 is 23.5 Å². The lowest BCUT2D eigenvalue weighted by molar-refractivity contribution is -0.147. The van der Waals surface area contributed by atoms with Gasteiger partial charge in [0.2, 0.25) is 5.91 Å². The zero-order valence-corrected chi connectivity index (χ0v) is 12.2. The smallest absolute Gasteiger partial charge is 0.329 e. The third-order valence-corrected chi connectivity index (χ3v) is 3.58. The Kier molecular flexibility index (Phi) is 5.41. The summed E-state index contributed by atoms with van der Waals surface area (Å²) in [6.45, 7) is 4.69. The average Bonchev–Trinajstić information content (AvgIpc) is 2.37. The van der Waals surface area contributed by atoms with Crippen molar-refractivity contribution in [3.8, 4) is 0 Å². The summed E-state index contributed by atoms with van der Waals surface area (Å²) in [5.74, 6) is -3.50. The van der Waals surface area contributed by atoms with Crippen molar-refractivity contribution >= 4 is 11.9 Å². The normalized spacial score (nSPS) is 15.1. The molecular weight excluding hydrogens is 280 g/mol. The van der Waals surface area contributed by atoms with Gasteiger partial charge in [0.1, 0.15) is 17.2 Å². The van der Waals surface area contributed by atoms with Gasteiger partial charge in [-0.25, -0.2) is 13.6 Å². The number of carbonyl (C=O) groups excluding carboxylic acids is 1. The number of carboxylic acids is 1. The number of benzene rings is 1. The van der Waals surface area contributed by atoms with Gasteiger partial charge >= 0.3 is 5.97 Å². The molecule has 0 saturated heterocycles. The van der Waals surface area contributed by atoms with E-state index < -0.39 is 35.0 Å². The molecule has 2 unspecified atom stereocenters. The second-order valence-electron chi connectivity index (χ2n) is 5.31. The molecule has 116 valence electrons. The summed E-state index contributed by atoms with van der Waals surface area (Å²) in [5, 5.41) is 11.5. The Morgan fingerprint density at radius 2 is 2.00 bits per heavy atom. The molecule has 2 N–H and O–H groups in total. The van der Waals surface area contributed by atoms with Gasteiger partial charge in [-0.2, -0.15) is 0 Å². The van der Waals surface area contributed by atoms with E-state index in [1.54, 1.807) is 13.8 Å². The number of hydrogen-bond acceptors (Lipinski definition) is 2. The maximum atomic E-state index is 13.6. The fourth-order valence-electron chi connectivity index (χ4n) is 1.94. The van der Waals surface area contributed by atoms with E-state index in [-0.39, 0.29) is 18.4 Å².